The molecule has 0 atom stereocenters. The number of amides is 1. The van der Waals surface area contributed by atoms with Crippen LogP contribution in [0.5, 0.6) is 0 Å². The van der Waals surface area contributed by atoms with E-state index in [1.807, 2.05) is 0 Å². The van der Waals surface area contributed by atoms with Gasteiger partial charge in [0.25, 0.3) is 5.91 Å². The SMILES string of the molecule is CCNS(=O)(=O)CCNC(=O)c1ccc(Cl)nc1Cl. The van der Waals surface area contributed by atoms with E-state index in [1.165, 1.54) is 12.1 Å². The number of hydrogen-bond donors (Lipinski definition) is 2. The molecule has 19 heavy (non-hydrogen) atoms. The van der Waals surface area contributed by atoms with Crippen LogP contribution in [0.15, 0.2) is 12.1 Å². The van der Waals surface area contributed by atoms with E-state index in [2.05, 4.69) is 15.0 Å². The Morgan fingerprint density at radius 2 is 2.05 bits per heavy atom. The van der Waals surface area contributed by atoms with Crippen LogP contribution in [-0.2, 0) is 10.0 Å². The first-order valence-electron chi connectivity index (χ1n) is 5.43. The molecule has 6 nitrogen and oxygen atoms in total. The fraction of sp³-hybridized carbons (Fsp3) is 0.400. The number of carbonyl (C=O) groups excluding carboxylic acids is 1. The van der Waals surface area contributed by atoms with Crippen LogP contribution in [0.25, 0.3) is 0 Å². The minimum Gasteiger partial charge on any atom is -0.351 e. The van der Waals surface area contributed by atoms with Crippen LogP contribution in [0.4, 0.5) is 0 Å². The number of halogens is 2. The molecule has 0 aromatic carbocycles. The fourth-order valence-corrected chi connectivity index (χ4v) is 2.65. The fourth-order valence-electron chi connectivity index (χ4n) is 1.27. The van der Waals surface area contributed by atoms with Gasteiger partial charge in [0.2, 0.25) is 10.0 Å². The zero-order valence-electron chi connectivity index (χ0n) is 10.1. The molecule has 0 aliphatic carbocycles. The molecule has 2 N–H and O–H groups in total. The van der Waals surface area contributed by atoms with Gasteiger partial charge in [0.15, 0.2) is 0 Å². The third-order valence-electron chi connectivity index (χ3n) is 2.08. The second kappa shape index (κ2) is 7.04. The average Bonchev–Trinajstić information content (AvgIpc) is 2.28. The van der Waals surface area contributed by atoms with Crippen molar-refractivity contribution in [2.45, 2.75) is 6.92 Å². The second-order valence-corrected chi connectivity index (χ2v) is 6.22. The molecule has 0 aliphatic heterocycles. The van der Waals surface area contributed by atoms with E-state index in [0.29, 0.717) is 6.54 Å². The number of carbonyl (C=O) groups is 1. The zero-order chi connectivity index (χ0) is 14.5. The zero-order valence-corrected chi connectivity index (χ0v) is 12.4. The lowest BCUT2D eigenvalue weighted by Gasteiger charge is -2.07. The van der Waals surface area contributed by atoms with Gasteiger partial charge in [0.1, 0.15) is 10.3 Å². The number of rotatable bonds is 6. The summed E-state index contributed by atoms with van der Waals surface area (Å²) in [6.45, 7) is 1.96. The lowest BCUT2D eigenvalue weighted by atomic mass is 10.3. The van der Waals surface area contributed by atoms with Gasteiger partial charge in [-0.1, -0.05) is 30.1 Å². The Bertz CT molecular complexity index is 563. The Kier molecular flexibility index (Phi) is 5.99. The number of hydrogen-bond acceptors (Lipinski definition) is 4. The topological polar surface area (TPSA) is 88.2 Å². The number of sulfonamides is 1. The van der Waals surface area contributed by atoms with Crippen LogP contribution in [0.3, 0.4) is 0 Å². The van der Waals surface area contributed by atoms with Crippen molar-refractivity contribution in [3.05, 3.63) is 28.0 Å². The lowest BCUT2D eigenvalue weighted by molar-refractivity contribution is 0.0956. The maximum atomic E-state index is 11.7. The predicted molar refractivity (Wildman–Crippen MR) is 74.1 cm³/mol. The first kappa shape index (κ1) is 16.2. The van der Waals surface area contributed by atoms with E-state index < -0.39 is 15.9 Å². The highest BCUT2D eigenvalue weighted by Crippen LogP contribution is 2.16. The summed E-state index contributed by atoms with van der Waals surface area (Å²) in [4.78, 5) is 15.4. The van der Waals surface area contributed by atoms with Crippen molar-refractivity contribution >= 4 is 39.1 Å². The molecule has 1 aromatic rings. The lowest BCUT2D eigenvalue weighted by Crippen LogP contribution is -2.34. The quantitative estimate of drug-likeness (QED) is 0.765. The standard InChI is InChI=1S/C10H13Cl2N3O3S/c1-2-14-19(17,18)6-5-13-10(16)7-3-4-8(11)15-9(7)12/h3-4,14H,2,5-6H2,1H3,(H,13,16). The van der Waals surface area contributed by atoms with Crippen molar-refractivity contribution in [3.63, 3.8) is 0 Å². The van der Waals surface area contributed by atoms with Crippen LogP contribution in [0.1, 0.15) is 17.3 Å². The molecule has 1 heterocycles. The van der Waals surface area contributed by atoms with Gasteiger partial charge in [-0.05, 0) is 12.1 Å². The van der Waals surface area contributed by atoms with Gasteiger partial charge in [-0.15, -0.1) is 0 Å². The minimum atomic E-state index is -3.36. The van der Waals surface area contributed by atoms with Crippen LogP contribution in [-0.4, -0.2) is 38.2 Å². The van der Waals surface area contributed by atoms with Gasteiger partial charge in [0.05, 0.1) is 11.3 Å². The first-order chi connectivity index (χ1) is 8.85. The van der Waals surface area contributed by atoms with E-state index in [0.717, 1.165) is 0 Å². The molecule has 0 saturated carbocycles. The summed E-state index contributed by atoms with van der Waals surface area (Å²) in [7, 11) is -3.36. The monoisotopic (exact) mass is 325 g/mol. The van der Waals surface area contributed by atoms with E-state index in [9.17, 15) is 13.2 Å². The number of aromatic nitrogens is 1. The van der Waals surface area contributed by atoms with Crippen molar-refractivity contribution < 1.29 is 13.2 Å². The highest BCUT2D eigenvalue weighted by Gasteiger charge is 2.13. The summed E-state index contributed by atoms with van der Waals surface area (Å²) in [5.74, 6) is -0.702. The Morgan fingerprint density at radius 3 is 2.63 bits per heavy atom. The van der Waals surface area contributed by atoms with E-state index >= 15 is 0 Å². The second-order valence-electron chi connectivity index (χ2n) is 3.55. The molecule has 0 saturated heterocycles. The molecular weight excluding hydrogens is 313 g/mol. The maximum Gasteiger partial charge on any atom is 0.254 e. The predicted octanol–water partition coefficient (Wildman–Crippen LogP) is 1.06. The summed E-state index contributed by atoms with van der Waals surface area (Å²) in [6.07, 6.45) is 0. The summed E-state index contributed by atoms with van der Waals surface area (Å²) in [5.41, 5.74) is 0.145. The number of nitrogens with zero attached hydrogens (tertiary/aromatic N) is 1. The van der Waals surface area contributed by atoms with Gasteiger partial charge >= 0.3 is 0 Å². The molecule has 106 valence electrons. The van der Waals surface area contributed by atoms with Gasteiger partial charge in [0, 0.05) is 13.1 Å². The summed E-state index contributed by atoms with van der Waals surface area (Å²) < 4.78 is 25.0. The van der Waals surface area contributed by atoms with Gasteiger partial charge in [-0.25, -0.2) is 18.1 Å². The Hall–Kier alpha value is -0.890. The van der Waals surface area contributed by atoms with E-state index in [-0.39, 0.29) is 28.2 Å². The van der Waals surface area contributed by atoms with Crippen LogP contribution >= 0.6 is 23.2 Å². The molecule has 0 aliphatic rings. The molecule has 0 unspecified atom stereocenters. The van der Waals surface area contributed by atoms with E-state index in [1.54, 1.807) is 6.92 Å². The Labute approximate surface area is 121 Å². The Morgan fingerprint density at radius 1 is 1.37 bits per heavy atom. The first-order valence-corrected chi connectivity index (χ1v) is 7.84. The molecule has 0 fully saturated rings. The summed E-state index contributed by atoms with van der Waals surface area (Å²) in [6, 6.07) is 2.85. The molecule has 0 radical (unpaired) electrons. The number of nitrogens with one attached hydrogen (secondary N) is 2. The molecule has 0 spiro atoms. The largest absolute Gasteiger partial charge is 0.351 e. The van der Waals surface area contributed by atoms with Crippen LogP contribution in [0.2, 0.25) is 10.3 Å². The van der Waals surface area contributed by atoms with Gasteiger partial charge in [-0.3, -0.25) is 4.79 Å². The highest BCUT2D eigenvalue weighted by molar-refractivity contribution is 7.89. The number of pyridine rings is 1. The van der Waals surface area contributed by atoms with Crippen LogP contribution < -0.4 is 10.0 Å². The molecule has 1 amide bonds. The van der Waals surface area contributed by atoms with Gasteiger partial charge in [-0.2, -0.15) is 0 Å². The molecule has 1 rings (SSSR count). The smallest absolute Gasteiger partial charge is 0.254 e. The minimum absolute atomic E-state index is 0.0207. The Balaban J connectivity index is 2.57. The third-order valence-corrected chi connectivity index (χ3v) is 4.05. The van der Waals surface area contributed by atoms with Crippen LogP contribution in [0, 0.1) is 0 Å². The molecule has 0 bridgehead atoms. The molecular formula is C10H13Cl2N3O3S. The van der Waals surface area contributed by atoms with Crippen molar-refractivity contribution in [2.75, 3.05) is 18.8 Å². The van der Waals surface area contributed by atoms with Crippen molar-refractivity contribution in [1.29, 1.82) is 0 Å². The summed E-state index contributed by atoms with van der Waals surface area (Å²) in [5, 5.41) is 2.60. The van der Waals surface area contributed by atoms with Crippen molar-refractivity contribution in [3.8, 4) is 0 Å². The van der Waals surface area contributed by atoms with Crippen molar-refractivity contribution in [1.82, 2.24) is 15.0 Å². The third kappa shape index (κ3) is 5.32. The highest BCUT2D eigenvalue weighted by atomic mass is 35.5. The molecule has 1 aromatic heterocycles. The average molecular weight is 326 g/mol. The molecule has 9 heteroatoms. The van der Waals surface area contributed by atoms with E-state index in [4.69, 9.17) is 23.2 Å². The summed E-state index contributed by atoms with van der Waals surface area (Å²) >= 11 is 11.4. The maximum absolute atomic E-state index is 11.7. The normalized spacial score (nSPS) is 11.3. The van der Waals surface area contributed by atoms with Gasteiger partial charge < -0.3 is 5.32 Å². The van der Waals surface area contributed by atoms with Crippen molar-refractivity contribution in [2.24, 2.45) is 0 Å².